The third-order valence-electron chi connectivity index (χ3n) is 1.64. The highest BCUT2D eigenvalue weighted by atomic mass is 32.2. The summed E-state index contributed by atoms with van der Waals surface area (Å²) in [7, 11) is -3.28. The largest absolute Gasteiger partial charge is 0.307 e. The lowest BCUT2D eigenvalue weighted by atomic mass is 10.4. The fourth-order valence-corrected chi connectivity index (χ4v) is 1.76. The fourth-order valence-electron chi connectivity index (χ4n) is 1.07. The van der Waals surface area contributed by atoms with Crippen LogP contribution >= 0.6 is 0 Å². The van der Waals surface area contributed by atoms with E-state index in [1.165, 1.54) is 6.33 Å². The summed E-state index contributed by atoms with van der Waals surface area (Å²) in [6, 6.07) is 0. The number of hydrogen-bond donors (Lipinski definition) is 2. The van der Waals surface area contributed by atoms with Gasteiger partial charge in [0.1, 0.15) is 12.0 Å². The van der Waals surface area contributed by atoms with Crippen molar-refractivity contribution < 1.29 is 8.42 Å². The lowest BCUT2D eigenvalue weighted by Crippen LogP contribution is -2.22. The molecule has 84 valence electrons. The molecule has 0 aliphatic carbocycles. The lowest BCUT2D eigenvalue weighted by Gasteiger charge is -2.12. The van der Waals surface area contributed by atoms with Crippen molar-refractivity contribution in [3.8, 4) is 0 Å². The van der Waals surface area contributed by atoms with Gasteiger partial charge in [0.25, 0.3) is 0 Å². The quantitative estimate of drug-likeness (QED) is 0.739. The van der Waals surface area contributed by atoms with Gasteiger partial charge in [-0.25, -0.2) is 17.4 Å². The number of anilines is 1. The van der Waals surface area contributed by atoms with Gasteiger partial charge in [0, 0.05) is 6.20 Å². The van der Waals surface area contributed by atoms with Crippen LogP contribution in [0.5, 0.6) is 0 Å². The Morgan fingerprint density at radius 3 is 2.67 bits per heavy atom. The molecule has 0 aromatic carbocycles. The van der Waals surface area contributed by atoms with Gasteiger partial charge in [-0.3, -0.25) is 5.43 Å². The minimum Gasteiger partial charge on any atom is -0.307 e. The highest BCUT2D eigenvalue weighted by molar-refractivity contribution is 7.89. The van der Waals surface area contributed by atoms with Crippen molar-refractivity contribution in [3.05, 3.63) is 18.2 Å². The summed E-state index contributed by atoms with van der Waals surface area (Å²) in [6.45, 7) is 4.00. The van der Waals surface area contributed by atoms with Crippen molar-refractivity contribution in [2.45, 2.75) is 13.8 Å². The van der Waals surface area contributed by atoms with Crippen molar-refractivity contribution in [1.82, 2.24) is 14.4 Å². The van der Waals surface area contributed by atoms with E-state index in [9.17, 15) is 8.42 Å². The Labute approximate surface area is 89.0 Å². The maximum atomic E-state index is 11.2. The highest BCUT2D eigenvalue weighted by Crippen LogP contribution is 2.18. The van der Waals surface area contributed by atoms with Gasteiger partial charge in [0.05, 0.1) is 6.26 Å². The second-order valence-electron chi connectivity index (χ2n) is 2.64. The zero-order valence-electron chi connectivity index (χ0n) is 8.85. The summed E-state index contributed by atoms with van der Waals surface area (Å²) in [5.74, 6) is 0.435. The molecular weight excluding hydrogens is 216 g/mol. The van der Waals surface area contributed by atoms with E-state index in [4.69, 9.17) is 0 Å². The van der Waals surface area contributed by atoms with Crippen molar-refractivity contribution >= 4 is 21.9 Å². The van der Waals surface area contributed by atoms with Crippen molar-refractivity contribution in [2.75, 3.05) is 11.7 Å². The molecule has 2 heterocycles. The van der Waals surface area contributed by atoms with Gasteiger partial charge in [-0.2, -0.15) is 0 Å². The summed E-state index contributed by atoms with van der Waals surface area (Å²) >= 11 is 0. The van der Waals surface area contributed by atoms with Crippen LogP contribution in [0.25, 0.3) is 6.08 Å². The van der Waals surface area contributed by atoms with E-state index in [0.29, 0.717) is 11.5 Å². The Balaban J connectivity index is 0.000000531. The number of hydrazine groups is 1. The Morgan fingerprint density at radius 2 is 2.07 bits per heavy atom. The predicted octanol–water partition coefficient (Wildman–Crippen LogP) is 0.618. The molecule has 0 radical (unpaired) electrons. The molecule has 2 N–H and O–H groups in total. The van der Waals surface area contributed by atoms with Crippen molar-refractivity contribution in [2.24, 2.45) is 0 Å². The molecule has 1 aromatic heterocycles. The molecule has 15 heavy (non-hydrogen) atoms. The van der Waals surface area contributed by atoms with Crippen LogP contribution in [0.4, 0.5) is 5.82 Å². The van der Waals surface area contributed by atoms with E-state index in [1.54, 1.807) is 12.3 Å². The number of hydrogen-bond acceptors (Lipinski definition) is 5. The summed E-state index contributed by atoms with van der Waals surface area (Å²) < 4.78 is 23.5. The molecule has 1 aromatic rings. The number of nitrogens with zero attached hydrogens (tertiary/aromatic N) is 2. The Morgan fingerprint density at radius 1 is 1.40 bits per heavy atom. The first-order valence-electron chi connectivity index (χ1n) is 4.55. The van der Waals surface area contributed by atoms with Crippen molar-refractivity contribution in [1.29, 1.82) is 0 Å². The molecule has 0 fully saturated rings. The molecular formula is C8H14N4O2S. The number of aromatic nitrogens is 2. The summed E-state index contributed by atoms with van der Waals surface area (Å²) in [4.78, 5) is 3.92. The van der Waals surface area contributed by atoms with Crippen LogP contribution in [0.15, 0.2) is 12.5 Å². The fraction of sp³-hybridized carbons (Fsp3) is 0.375. The van der Waals surface area contributed by atoms with Gasteiger partial charge >= 0.3 is 0 Å². The predicted molar refractivity (Wildman–Crippen MR) is 59.6 cm³/mol. The molecule has 1 aliphatic heterocycles. The lowest BCUT2D eigenvalue weighted by molar-refractivity contribution is 0.593. The van der Waals surface area contributed by atoms with Crippen molar-refractivity contribution in [3.63, 3.8) is 0 Å². The van der Waals surface area contributed by atoms with E-state index in [0.717, 1.165) is 10.2 Å². The monoisotopic (exact) mass is 230 g/mol. The first kappa shape index (κ1) is 11.6. The second-order valence-corrected chi connectivity index (χ2v) is 4.50. The van der Waals surface area contributed by atoms with Crippen LogP contribution in [-0.4, -0.2) is 23.6 Å². The number of rotatable bonds is 1. The molecule has 6 nitrogen and oxygen atoms in total. The topological polar surface area (TPSA) is 76.0 Å². The summed E-state index contributed by atoms with van der Waals surface area (Å²) in [5.41, 5.74) is 5.99. The number of fused-ring (bicyclic) bond motifs is 1. The molecule has 0 saturated heterocycles. The second kappa shape index (κ2) is 4.35. The van der Waals surface area contributed by atoms with Gasteiger partial charge in [0.2, 0.25) is 10.0 Å². The number of imidazole rings is 1. The average Bonchev–Trinajstić information content (AvgIpc) is 2.63. The number of nitrogens with one attached hydrogen (secondary N) is 2. The van der Waals surface area contributed by atoms with E-state index in [-0.39, 0.29) is 0 Å². The third-order valence-corrected chi connectivity index (χ3v) is 2.63. The van der Waals surface area contributed by atoms with E-state index in [1.807, 2.05) is 13.8 Å². The molecule has 7 heteroatoms. The van der Waals surface area contributed by atoms with Crippen LogP contribution in [0.1, 0.15) is 19.5 Å². The van der Waals surface area contributed by atoms with Gasteiger partial charge in [-0.05, 0) is 6.08 Å². The maximum Gasteiger partial charge on any atom is 0.238 e. The Bertz CT molecular complexity index is 461. The van der Waals surface area contributed by atoms with Gasteiger partial charge in [-0.1, -0.05) is 13.8 Å². The molecule has 0 amide bonds. The zero-order valence-corrected chi connectivity index (χ0v) is 9.67. The standard InChI is InChI=1S/C6H8N4O2S.C2H6/c1-13(11,12)10-4-7-5-2-3-8-9-6(5)10;1-2/h2-4,8-9H,1H3;1-2H3. The Kier molecular flexibility index (Phi) is 3.35. The first-order valence-corrected chi connectivity index (χ1v) is 6.40. The van der Waals surface area contributed by atoms with Gasteiger partial charge in [-0.15, -0.1) is 0 Å². The minimum absolute atomic E-state index is 0.435. The van der Waals surface area contributed by atoms with Crippen LogP contribution in [-0.2, 0) is 10.0 Å². The molecule has 0 bridgehead atoms. The van der Waals surface area contributed by atoms with Gasteiger partial charge < -0.3 is 5.43 Å². The normalized spacial score (nSPS) is 13.0. The SMILES string of the molecule is CC.CS(=O)(=O)n1cnc2c1NNC=C2. The average molecular weight is 230 g/mol. The minimum atomic E-state index is -3.28. The molecule has 2 rings (SSSR count). The summed E-state index contributed by atoms with van der Waals surface area (Å²) in [5, 5.41) is 0. The Hall–Kier alpha value is -1.50. The molecule has 1 aliphatic rings. The van der Waals surface area contributed by atoms with Crippen LogP contribution < -0.4 is 10.9 Å². The maximum absolute atomic E-state index is 11.2. The van der Waals surface area contributed by atoms with E-state index < -0.39 is 10.0 Å². The van der Waals surface area contributed by atoms with Crippen LogP contribution in [0.2, 0.25) is 0 Å². The van der Waals surface area contributed by atoms with Crippen LogP contribution in [0.3, 0.4) is 0 Å². The molecule has 0 saturated carbocycles. The zero-order chi connectivity index (χ0) is 11.5. The van der Waals surface area contributed by atoms with Gasteiger partial charge in [0.15, 0.2) is 5.82 Å². The molecule has 0 atom stereocenters. The molecule has 0 spiro atoms. The van der Waals surface area contributed by atoms with E-state index >= 15 is 0 Å². The smallest absolute Gasteiger partial charge is 0.238 e. The highest BCUT2D eigenvalue weighted by Gasteiger charge is 2.16. The van der Waals surface area contributed by atoms with Crippen LogP contribution in [0, 0.1) is 0 Å². The third kappa shape index (κ3) is 2.30. The first-order chi connectivity index (χ1) is 7.09. The van der Waals surface area contributed by atoms with E-state index in [2.05, 4.69) is 15.8 Å². The summed E-state index contributed by atoms with van der Waals surface area (Å²) in [6.07, 6.45) is 5.72. The molecule has 0 unspecified atom stereocenters.